The van der Waals surface area contributed by atoms with E-state index < -0.39 is 35.1 Å². The molecule has 4 heterocycles. The SMILES string of the molecule is CC[C@@H](CO)N1C(=O)[C@@H]2[C@H]3C(=O)N(Cc4ccccc4)CC=C[C@@]3(C)O[C@@]23C=CCN(c2c(C)cccc2Cl)C(=O)C13. The van der Waals surface area contributed by atoms with Crippen molar-refractivity contribution >= 4 is 35.0 Å². The standard InChI is InChI=1S/C33H36ClN3O5/c1-4-23(20-38)37-28-31(41)36(27-21(2)11-8-14-24(27)34)18-10-16-33(28)26(30(37)40)25-29(39)35(17-9-15-32(25,3)42-33)19-22-12-6-5-7-13-22/h5-16,23,25-26,28,38H,4,17-20H2,1-3H3/t23-,25-,26-,28?,32+,33-/m0/s1. The molecule has 3 amide bonds. The van der Waals surface area contributed by atoms with Gasteiger partial charge in [-0.1, -0.05) is 85.3 Å². The van der Waals surface area contributed by atoms with E-state index >= 15 is 0 Å². The van der Waals surface area contributed by atoms with Crippen molar-refractivity contribution in [2.24, 2.45) is 11.8 Å². The number of ether oxygens (including phenoxy) is 1. The van der Waals surface area contributed by atoms with Gasteiger partial charge in [0.15, 0.2) is 0 Å². The second kappa shape index (κ2) is 10.7. The van der Waals surface area contributed by atoms with Crippen LogP contribution in [0.2, 0.25) is 5.02 Å². The zero-order valence-corrected chi connectivity index (χ0v) is 24.8. The molecule has 2 saturated heterocycles. The first-order valence-corrected chi connectivity index (χ1v) is 14.9. The molecule has 4 aliphatic heterocycles. The van der Waals surface area contributed by atoms with Crippen LogP contribution in [0.1, 0.15) is 31.4 Å². The Morgan fingerprint density at radius 2 is 1.71 bits per heavy atom. The normalized spacial score (nSPS) is 31.1. The van der Waals surface area contributed by atoms with Crippen LogP contribution in [0.15, 0.2) is 72.8 Å². The monoisotopic (exact) mass is 589 g/mol. The van der Waals surface area contributed by atoms with Crippen molar-refractivity contribution in [1.82, 2.24) is 9.80 Å². The molecule has 1 N–H and O–H groups in total. The number of likely N-dealkylation sites (tertiary alicyclic amines) is 1. The lowest BCUT2D eigenvalue weighted by atomic mass is 9.74. The van der Waals surface area contributed by atoms with Gasteiger partial charge in [-0.05, 0) is 37.5 Å². The van der Waals surface area contributed by atoms with E-state index in [1.807, 2.05) is 87.5 Å². The van der Waals surface area contributed by atoms with Crippen LogP contribution in [0.25, 0.3) is 0 Å². The van der Waals surface area contributed by atoms with Crippen LogP contribution in [0.5, 0.6) is 0 Å². The number of fused-ring (bicyclic) bond motifs is 2. The van der Waals surface area contributed by atoms with E-state index in [2.05, 4.69) is 0 Å². The summed E-state index contributed by atoms with van der Waals surface area (Å²) in [7, 11) is 0. The number of para-hydroxylation sites is 1. The number of carbonyl (C=O) groups is 3. The third-order valence-electron chi connectivity index (χ3n) is 9.33. The molecule has 0 aliphatic carbocycles. The average Bonchev–Trinajstić information content (AvgIpc) is 3.25. The van der Waals surface area contributed by atoms with E-state index in [1.165, 1.54) is 4.90 Å². The lowest BCUT2D eigenvalue weighted by molar-refractivity contribution is -0.151. The van der Waals surface area contributed by atoms with E-state index in [4.69, 9.17) is 16.3 Å². The number of aryl methyl sites for hydroxylation is 1. The molecule has 6 rings (SSSR count). The smallest absolute Gasteiger partial charge is 0.253 e. The third kappa shape index (κ3) is 4.22. The molecule has 0 saturated carbocycles. The number of nitrogens with zero attached hydrogens (tertiary/aromatic N) is 3. The second-order valence-corrected chi connectivity index (χ2v) is 12.3. The van der Waals surface area contributed by atoms with Gasteiger partial charge in [0.1, 0.15) is 11.6 Å². The Kier molecular flexibility index (Phi) is 7.28. The van der Waals surface area contributed by atoms with Gasteiger partial charge in [-0.3, -0.25) is 14.4 Å². The van der Waals surface area contributed by atoms with Gasteiger partial charge in [-0.25, -0.2) is 0 Å². The van der Waals surface area contributed by atoms with Crippen molar-refractivity contribution in [3.63, 3.8) is 0 Å². The maximum absolute atomic E-state index is 14.7. The summed E-state index contributed by atoms with van der Waals surface area (Å²) in [6.07, 6.45) is 7.89. The van der Waals surface area contributed by atoms with E-state index in [0.717, 1.165) is 11.1 Å². The highest BCUT2D eigenvalue weighted by molar-refractivity contribution is 6.34. The summed E-state index contributed by atoms with van der Waals surface area (Å²) in [6.45, 7) is 6.27. The number of hydrogen-bond donors (Lipinski definition) is 1. The minimum absolute atomic E-state index is 0.192. The fraction of sp³-hybridized carbons (Fsp3) is 0.424. The van der Waals surface area contributed by atoms with Crippen molar-refractivity contribution in [3.05, 3.63) is 89.0 Å². The highest BCUT2D eigenvalue weighted by Gasteiger charge is 2.75. The van der Waals surface area contributed by atoms with Crippen molar-refractivity contribution in [3.8, 4) is 0 Å². The van der Waals surface area contributed by atoms with Crippen molar-refractivity contribution in [2.45, 2.75) is 57.0 Å². The number of amides is 3. The molecule has 220 valence electrons. The fourth-order valence-corrected chi connectivity index (χ4v) is 7.75. The van der Waals surface area contributed by atoms with Crippen LogP contribution in [-0.4, -0.2) is 75.6 Å². The van der Waals surface area contributed by atoms with Crippen LogP contribution in [-0.2, 0) is 25.7 Å². The minimum atomic E-state index is -1.41. The zero-order chi connectivity index (χ0) is 29.8. The van der Waals surface area contributed by atoms with Gasteiger partial charge in [0.05, 0.1) is 40.8 Å². The number of hydrogen-bond acceptors (Lipinski definition) is 5. The van der Waals surface area contributed by atoms with Crippen molar-refractivity contribution in [1.29, 1.82) is 0 Å². The lowest BCUT2D eigenvalue weighted by Gasteiger charge is -2.40. The second-order valence-electron chi connectivity index (χ2n) is 11.9. The maximum atomic E-state index is 14.7. The van der Waals surface area contributed by atoms with Crippen LogP contribution in [0, 0.1) is 18.8 Å². The number of benzene rings is 2. The number of aliphatic hydroxyl groups is 1. The summed E-state index contributed by atoms with van der Waals surface area (Å²) in [5.74, 6) is -2.70. The Morgan fingerprint density at radius 3 is 2.40 bits per heavy atom. The van der Waals surface area contributed by atoms with Crippen LogP contribution >= 0.6 is 11.6 Å². The molecular formula is C33H36ClN3O5. The van der Waals surface area contributed by atoms with E-state index in [0.29, 0.717) is 30.2 Å². The van der Waals surface area contributed by atoms with Gasteiger partial charge in [-0.15, -0.1) is 0 Å². The number of halogens is 1. The first-order chi connectivity index (χ1) is 20.2. The first-order valence-electron chi connectivity index (χ1n) is 14.5. The molecule has 1 spiro atoms. The van der Waals surface area contributed by atoms with Gasteiger partial charge in [0.2, 0.25) is 11.8 Å². The third-order valence-corrected chi connectivity index (χ3v) is 9.63. The summed E-state index contributed by atoms with van der Waals surface area (Å²) < 4.78 is 6.91. The number of aliphatic hydroxyl groups excluding tert-OH is 1. The number of rotatable bonds is 6. The van der Waals surface area contributed by atoms with Gasteiger partial charge in [0, 0.05) is 19.6 Å². The van der Waals surface area contributed by atoms with Gasteiger partial charge < -0.3 is 24.5 Å². The molecule has 4 aliphatic rings. The molecule has 1 unspecified atom stereocenters. The minimum Gasteiger partial charge on any atom is -0.394 e. The predicted octanol–water partition coefficient (Wildman–Crippen LogP) is 3.89. The number of anilines is 1. The van der Waals surface area contributed by atoms with E-state index in [9.17, 15) is 19.5 Å². The Labute approximate surface area is 251 Å². The quantitative estimate of drug-likeness (QED) is 0.516. The molecular weight excluding hydrogens is 554 g/mol. The van der Waals surface area contributed by atoms with Crippen LogP contribution in [0.3, 0.4) is 0 Å². The number of carbonyl (C=O) groups excluding carboxylic acids is 3. The molecule has 0 aromatic heterocycles. The Morgan fingerprint density at radius 1 is 0.976 bits per heavy atom. The predicted molar refractivity (Wildman–Crippen MR) is 160 cm³/mol. The van der Waals surface area contributed by atoms with Crippen molar-refractivity contribution < 1.29 is 24.2 Å². The Balaban J connectivity index is 1.48. The molecule has 6 atom stereocenters. The lowest BCUT2D eigenvalue weighted by Crippen LogP contribution is -2.59. The zero-order valence-electron chi connectivity index (χ0n) is 24.1. The summed E-state index contributed by atoms with van der Waals surface area (Å²) in [5, 5.41) is 10.8. The molecule has 0 bridgehead atoms. The molecule has 42 heavy (non-hydrogen) atoms. The summed E-state index contributed by atoms with van der Waals surface area (Å²) in [5.41, 5.74) is -0.150. The van der Waals surface area contributed by atoms with Gasteiger partial charge in [-0.2, -0.15) is 0 Å². The Bertz CT molecular complexity index is 1450. The Hall–Kier alpha value is -3.46. The fourth-order valence-electron chi connectivity index (χ4n) is 7.43. The van der Waals surface area contributed by atoms with Gasteiger partial charge in [0.25, 0.3) is 5.91 Å². The average molecular weight is 590 g/mol. The topological polar surface area (TPSA) is 90.4 Å². The summed E-state index contributed by atoms with van der Waals surface area (Å²) in [6, 6.07) is 13.5. The highest BCUT2D eigenvalue weighted by Crippen LogP contribution is 2.58. The molecule has 2 fully saturated rings. The van der Waals surface area contributed by atoms with Gasteiger partial charge >= 0.3 is 0 Å². The summed E-state index contributed by atoms with van der Waals surface area (Å²) in [4.78, 5) is 48.5. The van der Waals surface area contributed by atoms with Crippen LogP contribution < -0.4 is 4.90 Å². The molecule has 8 nitrogen and oxygen atoms in total. The molecule has 0 radical (unpaired) electrons. The highest BCUT2D eigenvalue weighted by atomic mass is 35.5. The molecule has 2 aromatic rings. The van der Waals surface area contributed by atoms with E-state index in [1.54, 1.807) is 15.9 Å². The largest absolute Gasteiger partial charge is 0.394 e. The molecule has 2 aromatic carbocycles. The summed E-state index contributed by atoms with van der Waals surface area (Å²) >= 11 is 6.63. The maximum Gasteiger partial charge on any atom is 0.253 e. The molecule has 9 heteroatoms. The van der Waals surface area contributed by atoms with Crippen molar-refractivity contribution in [2.75, 3.05) is 24.6 Å². The first kappa shape index (κ1) is 28.6. The van der Waals surface area contributed by atoms with Crippen LogP contribution in [0.4, 0.5) is 5.69 Å². The van der Waals surface area contributed by atoms with E-state index in [-0.39, 0.29) is 30.9 Å².